The van der Waals surface area contributed by atoms with Crippen LogP contribution in [0.3, 0.4) is 0 Å². The number of phenols is 1. The Balaban J connectivity index is 0.000000280. The van der Waals surface area contributed by atoms with E-state index in [4.69, 9.17) is 34.7 Å². The van der Waals surface area contributed by atoms with Crippen LogP contribution in [0, 0.1) is 20.8 Å². The maximum absolute atomic E-state index is 12.0. The third kappa shape index (κ3) is 16.7. The normalized spacial score (nSPS) is 10.7. The number of aryl methyl sites for hydroxylation is 3. The van der Waals surface area contributed by atoms with Crippen molar-refractivity contribution in [3.05, 3.63) is 124 Å². The minimum Gasteiger partial charge on any atom is -0.508 e. The second-order valence-corrected chi connectivity index (χ2v) is 15.3. The lowest BCUT2D eigenvalue weighted by Gasteiger charge is -2.19. The van der Waals surface area contributed by atoms with Gasteiger partial charge >= 0.3 is 29.8 Å². The number of rotatable bonds is 18. The standard InChI is InChI=1S/C26H26N2O3.C12H12O7.C9H13NO.C5H10O3/c1-5-27-21-13-23-19(11-15(21)3)25(17-9-7-8-10-18(17)26(29)30)20-12-16(4)22(28-6-2)14-24(20)31-23;13-10(14)2-1-5-19-7-3-4-8(11(15)16)9(6-7)12(17)18;1-3-10-9-6-8(11)5-4-7(9)2;1-8-4-2-3-5(6)7/h7-14,27H,5-6H2,1-4H3,(H,29,30);3-4,6H,1-2,5H2,(H,13,14)(H,15,16)(H,17,18);4-6,10-11H,3H2,1-2H3;2-4H2,1H3,(H,6,7). The summed E-state index contributed by atoms with van der Waals surface area (Å²) in [7, 11) is 1.56. The van der Waals surface area contributed by atoms with Crippen molar-refractivity contribution < 1.29 is 68.5 Å². The fraction of sp³-hybridized carbons (Fsp3) is 0.308. The van der Waals surface area contributed by atoms with Gasteiger partial charge in [0.15, 0.2) is 0 Å². The molecule has 0 atom stereocenters. The summed E-state index contributed by atoms with van der Waals surface area (Å²) >= 11 is 0. The molecule has 1 aliphatic heterocycles. The molecule has 4 aromatic carbocycles. The second-order valence-electron chi connectivity index (χ2n) is 15.3. The van der Waals surface area contributed by atoms with Gasteiger partial charge in [-0.2, -0.15) is 0 Å². The zero-order chi connectivity index (χ0) is 51.2. The molecule has 17 nitrogen and oxygen atoms in total. The molecule has 17 heteroatoms. The first-order valence-corrected chi connectivity index (χ1v) is 22.1. The molecule has 1 heterocycles. The van der Waals surface area contributed by atoms with Gasteiger partial charge in [-0.3, -0.25) is 14.6 Å². The summed E-state index contributed by atoms with van der Waals surface area (Å²) in [6, 6.07) is 24.1. The predicted molar refractivity (Wildman–Crippen MR) is 263 cm³/mol. The van der Waals surface area contributed by atoms with E-state index in [1.165, 1.54) is 6.07 Å². The smallest absolute Gasteiger partial charge is 0.336 e. The van der Waals surface area contributed by atoms with Crippen LogP contribution in [0.4, 0.5) is 11.4 Å². The van der Waals surface area contributed by atoms with Crippen molar-refractivity contribution in [2.24, 2.45) is 4.99 Å². The van der Waals surface area contributed by atoms with E-state index < -0.39 is 29.8 Å². The molecule has 0 bridgehead atoms. The quantitative estimate of drug-likeness (QED) is 0.0294. The number of benzene rings is 5. The van der Waals surface area contributed by atoms with Crippen LogP contribution in [0.25, 0.3) is 33.4 Å². The molecule has 0 unspecified atom stereocenters. The highest BCUT2D eigenvalue weighted by atomic mass is 16.5. The number of aliphatic carboxylic acids is 2. The van der Waals surface area contributed by atoms with Crippen LogP contribution in [0.1, 0.15) is 94.2 Å². The summed E-state index contributed by atoms with van der Waals surface area (Å²) in [5.41, 5.74) is 7.96. The Morgan fingerprint density at radius 2 is 1.23 bits per heavy atom. The van der Waals surface area contributed by atoms with Gasteiger partial charge in [-0.15, -0.1) is 0 Å². The van der Waals surface area contributed by atoms with Gasteiger partial charge in [-0.05, 0) is 119 Å². The van der Waals surface area contributed by atoms with Gasteiger partial charge in [0.25, 0.3) is 0 Å². The molecule has 0 aromatic heterocycles. The largest absolute Gasteiger partial charge is 0.508 e. The van der Waals surface area contributed by atoms with E-state index in [1.54, 1.807) is 31.4 Å². The number of aromatic carboxylic acids is 3. The average Bonchev–Trinajstić information content (AvgIpc) is 3.30. The minimum atomic E-state index is -1.37. The molecule has 8 N–H and O–H groups in total. The van der Waals surface area contributed by atoms with Gasteiger partial charge in [0.1, 0.15) is 22.8 Å². The summed E-state index contributed by atoms with van der Waals surface area (Å²) in [6.07, 6.45) is 1.02. The highest BCUT2D eigenvalue weighted by molar-refractivity contribution is 6.08. The van der Waals surface area contributed by atoms with E-state index >= 15 is 0 Å². The third-order valence-electron chi connectivity index (χ3n) is 10.1. The molecular formula is C52H61N3O14. The van der Waals surface area contributed by atoms with E-state index in [0.29, 0.717) is 42.2 Å². The lowest BCUT2D eigenvalue weighted by molar-refractivity contribution is -0.138. The number of carboxylic acids is 5. The maximum atomic E-state index is 12.0. The molecule has 2 aliphatic rings. The molecule has 0 fully saturated rings. The number of nitrogens with one attached hydrogen (secondary N) is 2. The molecule has 0 radical (unpaired) electrons. The molecule has 368 valence electrons. The summed E-state index contributed by atoms with van der Waals surface area (Å²) < 4.78 is 16.1. The molecule has 0 saturated heterocycles. The monoisotopic (exact) mass is 951 g/mol. The van der Waals surface area contributed by atoms with Gasteiger partial charge in [0.05, 0.1) is 28.7 Å². The number of aromatic hydroxyl groups is 1. The van der Waals surface area contributed by atoms with Gasteiger partial charge < -0.3 is 55.2 Å². The van der Waals surface area contributed by atoms with Gasteiger partial charge in [-0.25, -0.2) is 14.4 Å². The Hall–Kier alpha value is -7.92. The number of methoxy groups -OCH3 is 1. The molecule has 4 aromatic rings. The van der Waals surface area contributed by atoms with Crippen molar-refractivity contribution in [2.45, 2.75) is 67.2 Å². The van der Waals surface area contributed by atoms with E-state index in [2.05, 4.69) is 33.4 Å². The van der Waals surface area contributed by atoms with Gasteiger partial charge in [-0.1, -0.05) is 24.3 Å². The molecule has 0 saturated carbocycles. The Morgan fingerprint density at radius 1 is 0.623 bits per heavy atom. The number of fused-ring (bicyclic) bond motifs is 2. The van der Waals surface area contributed by atoms with Crippen LogP contribution in [0.15, 0.2) is 94.3 Å². The van der Waals surface area contributed by atoms with Crippen LogP contribution >= 0.6 is 0 Å². The Kier molecular flexibility index (Phi) is 22.2. The van der Waals surface area contributed by atoms with Crippen LogP contribution in [0.2, 0.25) is 0 Å². The van der Waals surface area contributed by atoms with E-state index in [9.17, 15) is 29.1 Å². The number of carbonyl (C=O) groups is 5. The number of hydrogen-bond acceptors (Lipinski definition) is 12. The molecule has 0 spiro atoms. The molecular weight excluding hydrogens is 891 g/mol. The fourth-order valence-electron chi connectivity index (χ4n) is 6.84. The topological polar surface area (TPSA) is 275 Å². The zero-order valence-electron chi connectivity index (χ0n) is 39.8. The first kappa shape index (κ1) is 55.4. The molecule has 6 rings (SSSR count). The minimum absolute atomic E-state index is 0.0566. The molecule has 0 amide bonds. The first-order chi connectivity index (χ1) is 32.9. The van der Waals surface area contributed by atoms with Crippen LogP contribution in [0.5, 0.6) is 11.5 Å². The van der Waals surface area contributed by atoms with Crippen molar-refractivity contribution in [1.29, 1.82) is 0 Å². The van der Waals surface area contributed by atoms with Crippen molar-refractivity contribution in [2.75, 3.05) is 50.6 Å². The highest BCUT2D eigenvalue weighted by Gasteiger charge is 2.23. The number of carboxylic acid groups (broad SMARTS) is 5. The summed E-state index contributed by atoms with van der Waals surface area (Å²) in [5.74, 6) is -4.18. The van der Waals surface area contributed by atoms with E-state index in [1.807, 2.05) is 71.0 Å². The SMILES string of the molecule is CCN=c1cc2oc3cc(NCC)c(C)cc3c(-c3ccccc3C(=O)O)c-2cc1C.CCNc1cc(O)ccc1C.COCCCC(=O)O.O=C(O)CCCOc1ccc(C(=O)O)c(C(=O)O)c1. The lowest BCUT2D eigenvalue weighted by Crippen LogP contribution is -2.09. The third-order valence-corrected chi connectivity index (χ3v) is 10.1. The number of ether oxygens (including phenoxy) is 2. The zero-order valence-corrected chi connectivity index (χ0v) is 39.8. The van der Waals surface area contributed by atoms with E-state index in [0.717, 1.165) is 75.2 Å². The molecule has 1 aliphatic carbocycles. The van der Waals surface area contributed by atoms with Crippen LogP contribution in [-0.2, 0) is 14.3 Å². The Labute approximate surface area is 400 Å². The fourth-order valence-corrected chi connectivity index (χ4v) is 6.84. The van der Waals surface area contributed by atoms with Gasteiger partial charge in [0, 0.05) is 92.3 Å². The van der Waals surface area contributed by atoms with Gasteiger partial charge in [0.2, 0.25) is 0 Å². The number of anilines is 2. The first-order valence-electron chi connectivity index (χ1n) is 22.1. The van der Waals surface area contributed by atoms with Crippen molar-refractivity contribution in [1.82, 2.24) is 0 Å². The highest BCUT2D eigenvalue weighted by Crippen LogP contribution is 2.43. The van der Waals surface area contributed by atoms with Crippen molar-refractivity contribution >= 4 is 52.2 Å². The van der Waals surface area contributed by atoms with E-state index in [-0.39, 0.29) is 48.3 Å². The summed E-state index contributed by atoms with van der Waals surface area (Å²) in [6.45, 7) is 15.2. The average molecular weight is 952 g/mol. The summed E-state index contributed by atoms with van der Waals surface area (Å²) in [4.78, 5) is 58.4. The number of nitrogens with zero attached hydrogens (tertiary/aromatic N) is 1. The Bertz CT molecular complexity index is 2760. The Morgan fingerprint density at radius 3 is 1.81 bits per heavy atom. The second kappa shape index (κ2) is 27.7. The molecule has 69 heavy (non-hydrogen) atoms. The summed E-state index contributed by atoms with van der Waals surface area (Å²) in [5, 5.41) is 61.5. The maximum Gasteiger partial charge on any atom is 0.336 e. The number of phenolic OH excluding ortho intramolecular Hbond substituents is 1. The number of hydrogen-bond donors (Lipinski definition) is 8. The van der Waals surface area contributed by atoms with Crippen molar-refractivity contribution in [3.8, 4) is 33.9 Å². The predicted octanol–water partition coefficient (Wildman–Crippen LogP) is 9.83. The lowest BCUT2D eigenvalue weighted by atomic mass is 9.89. The van der Waals surface area contributed by atoms with Crippen LogP contribution < -0.4 is 20.7 Å². The van der Waals surface area contributed by atoms with Crippen molar-refractivity contribution in [3.63, 3.8) is 0 Å². The van der Waals surface area contributed by atoms with Crippen LogP contribution in [-0.4, -0.2) is 100 Å².